The normalized spacial score (nSPS) is 12.1. The van der Waals surface area contributed by atoms with Crippen molar-refractivity contribution in [3.05, 3.63) is 35.4 Å². The predicted molar refractivity (Wildman–Crippen MR) is 68.7 cm³/mol. The Kier molecular flexibility index (Phi) is 6.31. The Balaban J connectivity index is 2.39. The Bertz CT molecular complexity index is 377. The van der Waals surface area contributed by atoms with Gasteiger partial charge in [-0.3, -0.25) is 0 Å². The van der Waals surface area contributed by atoms with Crippen LogP contribution in [0, 0.1) is 5.92 Å². The third kappa shape index (κ3) is 7.85. The van der Waals surface area contributed by atoms with Gasteiger partial charge in [0, 0.05) is 6.54 Å². The van der Waals surface area contributed by atoms with E-state index in [1.165, 1.54) is 0 Å². The van der Waals surface area contributed by atoms with E-state index in [-0.39, 0.29) is 6.61 Å². The first-order chi connectivity index (χ1) is 8.87. The van der Waals surface area contributed by atoms with Crippen molar-refractivity contribution in [2.75, 3.05) is 13.2 Å². The molecule has 1 rings (SSSR count). The molecule has 108 valence electrons. The van der Waals surface area contributed by atoms with Crippen molar-refractivity contribution in [2.45, 2.75) is 33.2 Å². The van der Waals surface area contributed by atoms with Crippen molar-refractivity contribution < 1.29 is 17.9 Å². The first-order valence-corrected chi connectivity index (χ1v) is 6.30. The summed E-state index contributed by atoms with van der Waals surface area (Å²) >= 11 is 0. The van der Waals surface area contributed by atoms with Gasteiger partial charge in [0.15, 0.2) is 0 Å². The first-order valence-electron chi connectivity index (χ1n) is 6.30. The lowest BCUT2D eigenvalue weighted by Gasteiger charge is -2.10. The summed E-state index contributed by atoms with van der Waals surface area (Å²) in [4.78, 5) is 0. The van der Waals surface area contributed by atoms with E-state index < -0.39 is 12.8 Å². The highest BCUT2D eigenvalue weighted by atomic mass is 19.4. The zero-order chi connectivity index (χ0) is 14.3. The molecule has 0 fully saturated rings. The van der Waals surface area contributed by atoms with Crippen LogP contribution in [0.2, 0.25) is 0 Å². The SMILES string of the molecule is CC(C)CNCc1cccc(COCC(F)(F)F)c1. The molecule has 0 atom stereocenters. The second-order valence-corrected chi connectivity index (χ2v) is 4.95. The summed E-state index contributed by atoms with van der Waals surface area (Å²) in [5.74, 6) is 0.568. The number of halogens is 3. The van der Waals surface area contributed by atoms with Crippen LogP contribution in [0.4, 0.5) is 13.2 Å². The monoisotopic (exact) mass is 275 g/mol. The van der Waals surface area contributed by atoms with E-state index in [4.69, 9.17) is 0 Å². The van der Waals surface area contributed by atoms with E-state index in [0.29, 0.717) is 12.5 Å². The fourth-order valence-electron chi connectivity index (χ4n) is 1.62. The molecule has 0 aliphatic rings. The van der Waals surface area contributed by atoms with Crippen LogP contribution in [-0.4, -0.2) is 19.3 Å². The average molecular weight is 275 g/mol. The Hall–Kier alpha value is -1.07. The Morgan fingerprint density at radius 3 is 2.53 bits per heavy atom. The van der Waals surface area contributed by atoms with Gasteiger partial charge in [-0.2, -0.15) is 13.2 Å². The van der Waals surface area contributed by atoms with Gasteiger partial charge in [0.05, 0.1) is 6.61 Å². The van der Waals surface area contributed by atoms with Crippen molar-refractivity contribution in [3.8, 4) is 0 Å². The molecule has 0 saturated carbocycles. The fraction of sp³-hybridized carbons (Fsp3) is 0.571. The lowest BCUT2D eigenvalue weighted by atomic mass is 10.1. The summed E-state index contributed by atoms with van der Waals surface area (Å²) in [6.45, 7) is 4.64. The summed E-state index contributed by atoms with van der Waals surface area (Å²) in [6, 6.07) is 7.41. The highest BCUT2D eigenvalue weighted by molar-refractivity contribution is 5.22. The van der Waals surface area contributed by atoms with Crippen molar-refractivity contribution in [1.82, 2.24) is 5.32 Å². The van der Waals surface area contributed by atoms with Gasteiger partial charge in [-0.25, -0.2) is 0 Å². The van der Waals surface area contributed by atoms with Gasteiger partial charge in [0.25, 0.3) is 0 Å². The van der Waals surface area contributed by atoms with E-state index in [0.717, 1.165) is 17.7 Å². The lowest BCUT2D eigenvalue weighted by molar-refractivity contribution is -0.176. The van der Waals surface area contributed by atoms with Crippen LogP contribution >= 0.6 is 0 Å². The number of nitrogens with one attached hydrogen (secondary N) is 1. The number of hydrogen-bond donors (Lipinski definition) is 1. The largest absolute Gasteiger partial charge is 0.411 e. The van der Waals surface area contributed by atoms with Crippen LogP contribution in [0.15, 0.2) is 24.3 Å². The minimum absolute atomic E-state index is 0.0163. The Labute approximate surface area is 112 Å². The van der Waals surface area contributed by atoms with Gasteiger partial charge < -0.3 is 10.1 Å². The molecule has 5 heteroatoms. The molecule has 0 bridgehead atoms. The standard InChI is InChI=1S/C14H20F3NO/c1-11(2)7-18-8-12-4-3-5-13(6-12)9-19-10-14(15,16)17/h3-6,11,18H,7-10H2,1-2H3. The molecule has 0 heterocycles. The predicted octanol–water partition coefficient (Wildman–Crippen LogP) is 3.51. The highest BCUT2D eigenvalue weighted by Gasteiger charge is 2.27. The molecule has 19 heavy (non-hydrogen) atoms. The molecule has 0 radical (unpaired) electrons. The maximum atomic E-state index is 11.9. The number of ether oxygens (including phenoxy) is 1. The van der Waals surface area contributed by atoms with Gasteiger partial charge in [0.2, 0.25) is 0 Å². The van der Waals surface area contributed by atoms with Crippen molar-refractivity contribution in [2.24, 2.45) is 5.92 Å². The maximum absolute atomic E-state index is 11.9. The summed E-state index contributed by atoms with van der Waals surface area (Å²) in [6.07, 6.45) is -4.27. The van der Waals surface area contributed by atoms with Gasteiger partial charge in [-0.15, -0.1) is 0 Å². The third-order valence-corrected chi connectivity index (χ3v) is 2.41. The average Bonchev–Trinajstić information content (AvgIpc) is 2.27. The smallest absolute Gasteiger partial charge is 0.367 e. The van der Waals surface area contributed by atoms with Crippen LogP contribution in [-0.2, 0) is 17.9 Å². The zero-order valence-electron chi connectivity index (χ0n) is 11.3. The van der Waals surface area contributed by atoms with Crippen molar-refractivity contribution in [3.63, 3.8) is 0 Å². The van der Waals surface area contributed by atoms with E-state index in [2.05, 4.69) is 23.9 Å². The maximum Gasteiger partial charge on any atom is 0.411 e. The summed E-state index contributed by atoms with van der Waals surface area (Å²) < 4.78 is 40.5. The van der Waals surface area contributed by atoms with E-state index in [9.17, 15) is 13.2 Å². The molecular weight excluding hydrogens is 255 g/mol. The van der Waals surface area contributed by atoms with Crippen LogP contribution < -0.4 is 5.32 Å². The van der Waals surface area contributed by atoms with Crippen molar-refractivity contribution in [1.29, 1.82) is 0 Å². The molecule has 0 spiro atoms. The van der Waals surface area contributed by atoms with Gasteiger partial charge in [0.1, 0.15) is 6.61 Å². The molecule has 0 unspecified atom stereocenters. The van der Waals surface area contributed by atoms with Gasteiger partial charge in [-0.1, -0.05) is 38.1 Å². The quantitative estimate of drug-likeness (QED) is 0.822. The van der Waals surface area contributed by atoms with Crippen LogP contribution in [0.3, 0.4) is 0 Å². The fourth-order valence-corrected chi connectivity index (χ4v) is 1.62. The van der Waals surface area contributed by atoms with E-state index in [1.54, 1.807) is 6.07 Å². The second kappa shape index (κ2) is 7.50. The summed E-state index contributed by atoms with van der Waals surface area (Å²) in [7, 11) is 0. The molecular formula is C14H20F3NO. The third-order valence-electron chi connectivity index (χ3n) is 2.41. The molecule has 2 nitrogen and oxygen atoms in total. The molecule has 0 aliphatic carbocycles. The topological polar surface area (TPSA) is 21.3 Å². The second-order valence-electron chi connectivity index (χ2n) is 4.95. The Morgan fingerprint density at radius 2 is 1.89 bits per heavy atom. The highest BCUT2D eigenvalue weighted by Crippen LogP contribution is 2.16. The van der Waals surface area contributed by atoms with Crippen LogP contribution in [0.5, 0.6) is 0 Å². The number of hydrogen-bond acceptors (Lipinski definition) is 2. The van der Waals surface area contributed by atoms with E-state index in [1.807, 2.05) is 18.2 Å². The molecule has 0 aliphatic heterocycles. The summed E-state index contributed by atoms with van der Waals surface area (Å²) in [5, 5.41) is 3.29. The lowest BCUT2D eigenvalue weighted by Crippen LogP contribution is -2.19. The first kappa shape index (κ1) is 16.0. The van der Waals surface area contributed by atoms with Gasteiger partial charge >= 0.3 is 6.18 Å². The molecule has 0 amide bonds. The van der Waals surface area contributed by atoms with Crippen molar-refractivity contribution >= 4 is 0 Å². The number of rotatable bonds is 7. The van der Waals surface area contributed by atoms with E-state index >= 15 is 0 Å². The zero-order valence-corrected chi connectivity index (χ0v) is 11.3. The van der Waals surface area contributed by atoms with Crippen LogP contribution in [0.1, 0.15) is 25.0 Å². The number of alkyl halides is 3. The summed E-state index contributed by atoms with van der Waals surface area (Å²) in [5.41, 5.74) is 1.81. The molecule has 1 N–H and O–H groups in total. The molecule has 0 saturated heterocycles. The number of benzene rings is 1. The van der Waals surface area contributed by atoms with Gasteiger partial charge in [-0.05, 0) is 23.6 Å². The molecule has 1 aromatic rings. The Morgan fingerprint density at radius 1 is 1.21 bits per heavy atom. The molecule has 0 aromatic heterocycles. The van der Waals surface area contributed by atoms with Crippen LogP contribution in [0.25, 0.3) is 0 Å². The molecule has 1 aromatic carbocycles. The minimum atomic E-state index is -4.27. The minimum Gasteiger partial charge on any atom is -0.367 e.